The van der Waals surface area contributed by atoms with Crippen molar-refractivity contribution in [1.82, 2.24) is 9.55 Å². The van der Waals surface area contributed by atoms with Gasteiger partial charge in [-0.1, -0.05) is 35.5 Å². The second kappa shape index (κ2) is 7.08. The van der Waals surface area contributed by atoms with Gasteiger partial charge in [-0.3, -0.25) is 4.79 Å². The van der Waals surface area contributed by atoms with Crippen LogP contribution < -0.4 is 0 Å². The molecule has 0 bridgehead atoms. The molecule has 6 heteroatoms. The number of carboxylic acids is 1. The number of hydrogen-bond donors (Lipinski definition) is 1. The van der Waals surface area contributed by atoms with Crippen LogP contribution in [0.5, 0.6) is 0 Å². The molecule has 0 amide bonds. The van der Waals surface area contributed by atoms with Crippen molar-refractivity contribution in [3.63, 3.8) is 0 Å². The fourth-order valence-corrected chi connectivity index (χ4v) is 1.61. The number of carbonyl (C=O) groups is 1. The summed E-state index contributed by atoms with van der Waals surface area (Å²) >= 11 is 0. The third kappa shape index (κ3) is 4.24. The minimum absolute atomic E-state index is 0.0512. The molecule has 0 spiro atoms. The molecule has 104 valence electrons. The van der Waals surface area contributed by atoms with E-state index in [4.69, 9.17) is 9.94 Å². The Kier molecular flexibility index (Phi) is 4.88. The van der Waals surface area contributed by atoms with Gasteiger partial charge in [0.25, 0.3) is 0 Å². The first-order valence-corrected chi connectivity index (χ1v) is 6.17. The average molecular weight is 273 g/mol. The summed E-state index contributed by atoms with van der Waals surface area (Å²) in [5, 5.41) is 12.6. The number of benzene rings is 1. The lowest BCUT2D eigenvalue weighted by atomic mass is 10.1. The maximum absolute atomic E-state index is 10.4. The second-order valence-corrected chi connectivity index (χ2v) is 4.12. The lowest BCUT2D eigenvalue weighted by Gasteiger charge is -2.07. The monoisotopic (exact) mass is 273 g/mol. The van der Waals surface area contributed by atoms with Gasteiger partial charge in [-0.25, -0.2) is 4.98 Å². The molecule has 1 aromatic heterocycles. The Balaban J connectivity index is 2.07. The number of nitrogens with zero attached hydrogens (tertiary/aromatic N) is 3. The van der Waals surface area contributed by atoms with Crippen LogP contribution in [0.3, 0.4) is 0 Å². The maximum Gasteiger partial charge on any atom is 0.306 e. The van der Waals surface area contributed by atoms with Gasteiger partial charge >= 0.3 is 5.97 Å². The van der Waals surface area contributed by atoms with Crippen molar-refractivity contribution in [2.45, 2.75) is 13.0 Å². The van der Waals surface area contributed by atoms with Crippen LogP contribution in [0.2, 0.25) is 0 Å². The Morgan fingerprint density at radius 1 is 1.35 bits per heavy atom. The molecule has 0 aliphatic carbocycles. The van der Waals surface area contributed by atoms with E-state index in [2.05, 4.69) is 10.1 Å². The quantitative estimate of drug-likeness (QED) is 0.474. The van der Waals surface area contributed by atoms with Crippen molar-refractivity contribution < 1.29 is 14.7 Å². The minimum Gasteiger partial charge on any atom is -0.481 e. The summed E-state index contributed by atoms with van der Waals surface area (Å²) in [5.41, 5.74) is 1.64. The predicted molar refractivity (Wildman–Crippen MR) is 73.4 cm³/mol. The Hall–Kier alpha value is -2.63. The SMILES string of the molecule is O=C(O)CCO/N=C(\Cn1ccnc1)c1ccccc1. The van der Waals surface area contributed by atoms with E-state index in [9.17, 15) is 4.79 Å². The number of rotatable bonds is 7. The first-order valence-electron chi connectivity index (χ1n) is 6.17. The van der Waals surface area contributed by atoms with Crippen molar-refractivity contribution in [1.29, 1.82) is 0 Å². The first kappa shape index (κ1) is 13.8. The van der Waals surface area contributed by atoms with Crippen LogP contribution in [0.25, 0.3) is 0 Å². The summed E-state index contributed by atoms with van der Waals surface area (Å²) in [4.78, 5) is 19.5. The van der Waals surface area contributed by atoms with Crippen molar-refractivity contribution in [3.05, 3.63) is 54.6 Å². The lowest BCUT2D eigenvalue weighted by molar-refractivity contribution is -0.138. The number of oxime groups is 1. The van der Waals surface area contributed by atoms with Gasteiger partial charge in [0.15, 0.2) is 0 Å². The van der Waals surface area contributed by atoms with Crippen molar-refractivity contribution in [2.24, 2.45) is 5.16 Å². The average Bonchev–Trinajstić information content (AvgIpc) is 2.96. The third-order valence-corrected chi connectivity index (χ3v) is 2.58. The largest absolute Gasteiger partial charge is 0.481 e. The van der Waals surface area contributed by atoms with E-state index in [0.29, 0.717) is 12.3 Å². The van der Waals surface area contributed by atoms with Crippen LogP contribution in [0.4, 0.5) is 0 Å². The molecule has 2 rings (SSSR count). The summed E-state index contributed by atoms with van der Waals surface area (Å²) in [7, 11) is 0. The van der Waals surface area contributed by atoms with E-state index >= 15 is 0 Å². The van der Waals surface area contributed by atoms with E-state index in [1.165, 1.54) is 0 Å². The van der Waals surface area contributed by atoms with Crippen LogP contribution in [0.15, 0.2) is 54.2 Å². The zero-order valence-electron chi connectivity index (χ0n) is 10.8. The lowest BCUT2D eigenvalue weighted by Crippen LogP contribution is -2.11. The molecular formula is C14H15N3O3. The highest BCUT2D eigenvalue weighted by Gasteiger charge is 2.05. The highest BCUT2D eigenvalue weighted by atomic mass is 16.6. The van der Waals surface area contributed by atoms with Crippen LogP contribution in [-0.4, -0.2) is 32.9 Å². The van der Waals surface area contributed by atoms with Gasteiger partial charge < -0.3 is 14.5 Å². The maximum atomic E-state index is 10.4. The molecule has 0 radical (unpaired) electrons. The molecule has 0 saturated heterocycles. The van der Waals surface area contributed by atoms with E-state index in [1.54, 1.807) is 12.5 Å². The van der Waals surface area contributed by atoms with E-state index in [-0.39, 0.29) is 13.0 Å². The molecule has 6 nitrogen and oxygen atoms in total. The predicted octanol–water partition coefficient (Wildman–Crippen LogP) is 1.78. The third-order valence-electron chi connectivity index (χ3n) is 2.58. The standard InChI is InChI=1S/C14H15N3O3/c18-14(19)6-9-20-16-13(10-17-8-7-15-11-17)12-4-2-1-3-5-12/h1-5,7-8,11H,6,9-10H2,(H,18,19)/b16-13+. The van der Waals surface area contributed by atoms with Gasteiger partial charge in [-0.15, -0.1) is 0 Å². The fraction of sp³-hybridized carbons (Fsp3) is 0.214. The highest BCUT2D eigenvalue weighted by molar-refractivity contribution is 6.00. The van der Waals surface area contributed by atoms with Gasteiger partial charge in [0.2, 0.25) is 0 Å². The molecule has 1 aromatic carbocycles. The zero-order chi connectivity index (χ0) is 14.2. The van der Waals surface area contributed by atoms with Crippen LogP contribution in [-0.2, 0) is 16.2 Å². The van der Waals surface area contributed by atoms with Crippen molar-refractivity contribution in [3.8, 4) is 0 Å². The van der Waals surface area contributed by atoms with Gasteiger partial charge in [0.05, 0.1) is 19.3 Å². The number of aliphatic carboxylic acids is 1. The van der Waals surface area contributed by atoms with Gasteiger partial charge in [-0.05, 0) is 0 Å². The normalized spacial score (nSPS) is 11.3. The summed E-state index contributed by atoms with van der Waals surface area (Å²) in [6.07, 6.45) is 5.13. The fourth-order valence-electron chi connectivity index (χ4n) is 1.61. The van der Waals surface area contributed by atoms with Gasteiger partial charge in [-0.2, -0.15) is 0 Å². The minimum atomic E-state index is -0.906. The van der Waals surface area contributed by atoms with E-state index in [0.717, 1.165) is 5.56 Å². The van der Waals surface area contributed by atoms with Gasteiger partial charge in [0, 0.05) is 18.0 Å². The number of imidazole rings is 1. The molecule has 0 aliphatic heterocycles. The molecule has 0 saturated carbocycles. The summed E-state index contributed by atoms with van der Waals surface area (Å²) in [5.74, 6) is -0.906. The zero-order valence-corrected chi connectivity index (χ0v) is 10.8. The number of carboxylic acid groups (broad SMARTS) is 1. The second-order valence-electron chi connectivity index (χ2n) is 4.12. The Labute approximate surface area is 116 Å². The molecule has 1 heterocycles. The summed E-state index contributed by atoms with van der Waals surface area (Å²) in [6, 6.07) is 9.60. The molecule has 0 unspecified atom stereocenters. The topological polar surface area (TPSA) is 76.7 Å². The summed E-state index contributed by atoms with van der Waals surface area (Å²) in [6.45, 7) is 0.562. The van der Waals surface area contributed by atoms with Crippen molar-refractivity contribution >= 4 is 11.7 Å². The molecular weight excluding hydrogens is 258 g/mol. The molecule has 0 atom stereocenters. The number of hydrogen-bond acceptors (Lipinski definition) is 4. The van der Waals surface area contributed by atoms with Crippen LogP contribution in [0, 0.1) is 0 Å². The highest BCUT2D eigenvalue weighted by Crippen LogP contribution is 2.05. The Morgan fingerprint density at radius 3 is 2.80 bits per heavy atom. The summed E-state index contributed by atoms with van der Waals surface area (Å²) < 4.78 is 1.87. The number of aromatic nitrogens is 2. The molecule has 2 aromatic rings. The Morgan fingerprint density at radius 2 is 2.15 bits per heavy atom. The van der Waals surface area contributed by atoms with E-state index < -0.39 is 5.97 Å². The molecule has 20 heavy (non-hydrogen) atoms. The molecule has 0 aliphatic rings. The molecule has 0 fully saturated rings. The molecule has 1 N–H and O–H groups in total. The Bertz CT molecular complexity index is 565. The van der Waals surface area contributed by atoms with Crippen LogP contribution >= 0.6 is 0 Å². The van der Waals surface area contributed by atoms with E-state index in [1.807, 2.05) is 41.1 Å². The smallest absolute Gasteiger partial charge is 0.306 e. The van der Waals surface area contributed by atoms with Gasteiger partial charge in [0.1, 0.15) is 12.3 Å². The van der Waals surface area contributed by atoms with Crippen molar-refractivity contribution in [2.75, 3.05) is 6.61 Å². The van der Waals surface area contributed by atoms with Crippen LogP contribution in [0.1, 0.15) is 12.0 Å². The first-order chi connectivity index (χ1) is 9.75.